The molecular formula is C20H21ClN4OS. The molecule has 0 saturated carbocycles. The van der Waals surface area contributed by atoms with Crippen molar-refractivity contribution in [2.75, 3.05) is 0 Å². The van der Waals surface area contributed by atoms with Gasteiger partial charge in [0.25, 0.3) is 5.91 Å². The van der Waals surface area contributed by atoms with E-state index in [-0.39, 0.29) is 11.9 Å². The maximum atomic E-state index is 12.3. The second-order valence-electron chi connectivity index (χ2n) is 6.29. The van der Waals surface area contributed by atoms with Gasteiger partial charge >= 0.3 is 0 Å². The van der Waals surface area contributed by atoms with Crippen LogP contribution in [-0.4, -0.2) is 16.1 Å². The van der Waals surface area contributed by atoms with Crippen LogP contribution in [-0.2, 0) is 13.1 Å². The molecule has 2 N–H and O–H groups in total. The second-order valence-corrected chi connectivity index (χ2v) is 7.76. The largest absolute Gasteiger partial charge is 0.346 e. The molecule has 0 fully saturated rings. The van der Waals surface area contributed by atoms with E-state index in [9.17, 15) is 4.79 Å². The molecular weight excluding hydrogens is 380 g/mol. The molecule has 0 unspecified atom stereocenters. The smallest absolute Gasteiger partial charge is 0.282 e. The molecule has 140 valence electrons. The first kappa shape index (κ1) is 19.5. The van der Waals surface area contributed by atoms with Crippen molar-refractivity contribution in [3.05, 3.63) is 80.3 Å². The third kappa shape index (κ3) is 5.35. The average Bonchev–Trinajstić information content (AvgIpc) is 3.15. The van der Waals surface area contributed by atoms with Crippen LogP contribution in [0.15, 0.2) is 48.5 Å². The highest BCUT2D eigenvalue weighted by Crippen LogP contribution is 2.22. The molecule has 1 heterocycles. The lowest BCUT2D eigenvalue weighted by Gasteiger charge is -2.14. The van der Waals surface area contributed by atoms with E-state index in [4.69, 9.17) is 11.6 Å². The van der Waals surface area contributed by atoms with Crippen molar-refractivity contribution in [1.82, 2.24) is 20.8 Å². The highest BCUT2D eigenvalue weighted by molar-refractivity contribution is 7.13. The third-order valence-electron chi connectivity index (χ3n) is 4.17. The summed E-state index contributed by atoms with van der Waals surface area (Å²) in [7, 11) is 0. The van der Waals surface area contributed by atoms with Gasteiger partial charge in [0.2, 0.25) is 5.01 Å². The minimum atomic E-state index is -0.210. The van der Waals surface area contributed by atoms with Crippen LogP contribution in [0.2, 0.25) is 5.02 Å². The quantitative estimate of drug-likeness (QED) is 0.621. The van der Waals surface area contributed by atoms with Gasteiger partial charge < -0.3 is 10.6 Å². The summed E-state index contributed by atoms with van der Waals surface area (Å²) in [5.74, 6) is -0.210. The SMILES string of the molecule is Cc1ccc(CNC(=O)c2nnc(CN[C@@H](C)c3ccccc3Cl)s2)cc1. The highest BCUT2D eigenvalue weighted by Gasteiger charge is 2.14. The van der Waals surface area contributed by atoms with Gasteiger partial charge in [-0.2, -0.15) is 0 Å². The Hall–Kier alpha value is -2.28. The van der Waals surface area contributed by atoms with E-state index in [1.165, 1.54) is 16.9 Å². The van der Waals surface area contributed by atoms with Gasteiger partial charge in [0, 0.05) is 17.6 Å². The Morgan fingerprint density at radius 1 is 1.11 bits per heavy atom. The first-order valence-corrected chi connectivity index (χ1v) is 9.86. The van der Waals surface area contributed by atoms with Gasteiger partial charge in [-0.1, -0.05) is 71.0 Å². The van der Waals surface area contributed by atoms with Gasteiger partial charge in [0.1, 0.15) is 5.01 Å². The standard InChI is InChI=1S/C20H21ClN4OS/c1-13-7-9-15(10-8-13)11-23-19(26)20-25-24-18(27-20)12-22-14(2)16-5-3-4-6-17(16)21/h3-10,14,22H,11-12H2,1-2H3,(H,23,26)/t14-/m0/s1. The molecule has 0 spiro atoms. The number of rotatable bonds is 7. The number of nitrogens with one attached hydrogen (secondary N) is 2. The van der Waals surface area contributed by atoms with E-state index in [1.54, 1.807) is 0 Å². The Bertz CT molecular complexity index is 910. The van der Waals surface area contributed by atoms with E-state index < -0.39 is 0 Å². The number of amides is 1. The van der Waals surface area contributed by atoms with Crippen LogP contribution in [0, 0.1) is 6.92 Å². The molecule has 7 heteroatoms. The maximum Gasteiger partial charge on any atom is 0.282 e. The summed E-state index contributed by atoms with van der Waals surface area (Å²) in [5.41, 5.74) is 3.27. The number of aryl methyl sites for hydroxylation is 1. The zero-order valence-electron chi connectivity index (χ0n) is 15.2. The number of carbonyl (C=O) groups is 1. The second kappa shape index (κ2) is 9.08. The first-order valence-electron chi connectivity index (χ1n) is 8.67. The Morgan fingerprint density at radius 2 is 1.85 bits per heavy atom. The molecule has 0 aliphatic rings. The van der Waals surface area contributed by atoms with Crippen LogP contribution in [0.4, 0.5) is 0 Å². The van der Waals surface area contributed by atoms with Crippen LogP contribution in [0.1, 0.15) is 44.5 Å². The van der Waals surface area contributed by atoms with Crippen molar-refractivity contribution in [1.29, 1.82) is 0 Å². The number of halogens is 1. The summed E-state index contributed by atoms with van der Waals surface area (Å²) in [6, 6.07) is 15.8. The van der Waals surface area contributed by atoms with Crippen LogP contribution < -0.4 is 10.6 Å². The van der Waals surface area contributed by atoms with Crippen LogP contribution in [0.5, 0.6) is 0 Å². The Balaban J connectivity index is 1.52. The number of hydrogen-bond donors (Lipinski definition) is 2. The van der Waals surface area contributed by atoms with Crippen LogP contribution in [0.3, 0.4) is 0 Å². The summed E-state index contributed by atoms with van der Waals surface area (Å²) in [6.45, 7) is 5.06. The normalized spacial score (nSPS) is 12.0. The summed E-state index contributed by atoms with van der Waals surface area (Å²) >= 11 is 7.51. The minimum absolute atomic E-state index is 0.0708. The first-order chi connectivity index (χ1) is 13.0. The fraction of sp³-hybridized carbons (Fsp3) is 0.250. The molecule has 0 aliphatic heterocycles. The van der Waals surface area contributed by atoms with Crippen molar-refractivity contribution in [3.63, 3.8) is 0 Å². The van der Waals surface area contributed by atoms with E-state index in [0.717, 1.165) is 21.2 Å². The number of benzene rings is 2. The number of hydrogen-bond acceptors (Lipinski definition) is 5. The molecule has 1 amide bonds. The molecule has 0 bridgehead atoms. The Morgan fingerprint density at radius 3 is 2.59 bits per heavy atom. The van der Waals surface area contributed by atoms with Gasteiger partial charge in [-0.15, -0.1) is 10.2 Å². The van der Waals surface area contributed by atoms with Crippen LogP contribution >= 0.6 is 22.9 Å². The molecule has 0 radical (unpaired) electrons. The lowest BCUT2D eigenvalue weighted by Crippen LogP contribution is -2.22. The predicted octanol–water partition coefficient (Wildman–Crippen LogP) is 4.28. The molecule has 5 nitrogen and oxygen atoms in total. The summed E-state index contributed by atoms with van der Waals surface area (Å²) in [5, 5.41) is 16.2. The zero-order valence-corrected chi connectivity index (χ0v) is 16.8. The van der Waals surface area contributed by atoms with Crippen molar-refractivity contribution >= 4 is 28.8 Å². The van der Waals surface area contributed by atoms with Crippen molar-refractivity contribution < 1.29 is 4.79 Å². The number of aromatic nitrogens is 2. The van der Waals surface area contributed by atoms with Crippen molar-refractivity contribution in [3.8, 4) is 0 Å². The molecule has 0 saturated heterocycles. The third-order valence-corrected chi connectivity index (χ3v) is 5.43. The lowest BCUT2D eigenvalue weighted by atomic mass is 10.1. The topological polar surface area (TPSA) is 66.9 Å². The van der Waals surface area contributed by atoms with Crippen molar-refractivity contribution in [2.24, 2.45) is 0 Å². The Labute approximate surface area is 167 Å². The van der Waals surface area contributed by atoms with E-state index in [2.05, 4.69) is 20.8 Å². The predicted molar refractivity (Wildman–Crippen MR) is 109 cm³/mol. The monoisotopic (exact) mass is 400 g/mol. The summed E-state index contributed by atoms with van der Waals surface area (Å²) < 4.78 is 0. The molecule has 0 aliphatic carbocycles. The Kier molecular flexibility index (Phi) is 6.55. The molecule has 1 aromatic heterocycles. The fourth-order valence-corrected chi connectivity index (χ4v) is 3.56. The van der Waals surface area contributed by atoms with E-state index >= 15 is 0 Å². The summed E-state index contributed by atoms with van der Waals surface area (Å²) in [6.07, 6.45) is 0. The zero-order chi connectivity index (χ0) is 19.2. The van der Waals surface area contributed by atoms with Gasteiger partial charge in [-0.25, -0.2) is 0 Å². The molecule has 27 heavy (non-hydrogen) atoms. The molecule has 2 aromatic carbocycles. The average molecular weight is 401 g/mol. The summed E-state index contributed by atoms with van der Waals surface area (Å²) in [4.78, 5) is 12.3. The van der Waals surface area contributed by atoms with E-state index in [0.29, 0.717) is 18.1 Å². The van der Waals surface area contributed by atoms with Gasteiger partial charge in [0.05, 0.1) is 6.54 Å². The van der Waals surface area contributed by atoms with Gasteiger partial charge in [0.15, 0.2) is 0 Å². The van der Waals surface area contributed by atoms with E-state index in [1.807, 2.05) is 62.4 Å². The number of nitrogens with zero attached hydrogens (tertiary/aromatic N) is 2. The lowest BCUT2D eigenvalue weighted by molar-refractivity contribution is 0.0950. The van der Waals surface area contributed by atoms with Gasteiger partial charge in [-0.05, 0) is 31.0 Å². The molecule has 3 rings (SSSR count). The highest BCUT2D eigenvalue weighted by atomic mass is 35.5. The number of carbonyl (C=O) groups excluding carboxylic acids is 1. The van der Waals surface area contributed by atoms with Gasteiger partial charge in [-0.3, -0.25) is 4.79 Å². The minimum Gasteiger partial charge on any atom is -0.346 e. The molecule has 1 atom stereocenters. The van der Waals surface area contributed by atoms with Crippen molar-refractivity contribution in [2.45, 2.75) is 33.0 Å². The van der Waals surface area contributed by atoms with Crippen LogP contribution in [0.25, 0.3) is 0 Å². The maximum absolute atomic E-state index is 12.3. The fourth-order valence-electron chi connectivity index (χ4n) is 2.56. The molecule has 3 aromatic rings.